The Morgan fingerprint density at radius 1 is 1.23 bits per heavy atom. The van der Waals surface area contributed by atoms with Gasteiger partial charge in [-0.25, -0.2) is 4.79 Å². The molecule has 4 saturated heterocycles. The maximum absolute atomic E-state index is 12.9. The summed E-state index contributed by atoms with van der Waals surface area (Å²) < 4.78 is 29.8. The number of amides is 1. The Labute approximate surface area is 179 Å². The lowest BCUT2D eigenvalue weighted by Crippen LogP contribution is -2.56. The highest BCUT2D eigenvalue weighted by atomic mass is 16.6. The van der Waals surface area contributed by atoms with Crippen LogP contribution in [0.2, 0.25) is 0 Å². The van der Waals surface area contributed by atoms with Gasteiger partial charge in [0.2, 0.25) is 0 Å². The molecular formula is C23H35NO6. The lowest BCUT2D eigenvalue weighted by atomic mass is 9.68. The van der Waals surface area contributed by atoms with Crippen molar-refractivity contribution in [3.63, 3.8) is 0 Å². The monoisotopic (exact) mass is 421 g/mol. The summed E-state index contributed by atoms with van der Waals surface area (Å²) in [6.45, 7) is 10.1. The zero-order valence-electron chi connectivity index (χ0n) is 18.6. The molecule has 1 amide bonds. The molecule has 8 atom stereocenters. The van der Waals surface area contributed by atoms with Crippen molar-refractivity contribution in [2.75, 3.05) is 40.0 Å². The quantitative estimate of drug-likeness (QED) is 0.502. The number of hydrogen-bond acceptors (Lipinski definition) is 6. The van der Waals surface area contributed by atoms with Gasteiger partial charge in [0.1, 0.15) is 23.4 Å². The topological polar surface area (TPSA) is 73.1 Å². The van der Waals surface area contributed by atoms with Gasteiger partial charge >= 0.3 is 6.09 Å². The van der Waals surface area contributed by atoms with Crippen molar-refractivity contribution >= 4 is 6.09 Å². The van der Waals surface area contributed by atoms with Gasteiger partial charge in [0, 0.05) is 32.0 Å². The largest absolute Gasteiger partial charge is 0.443 e. The lowest BCUT2D eigenvalue weighted by molar-refractivity contribution is -0.121. The van der Waals surface area contributed by atoms with Crippen molar-refractivity contribution < 1.29 is 28.5 Å². The molecule has 30 heavy (non-hydrogen) atoms. The minimum Gasteiger partial charge on any atom is -0.443 e. The first kappa shape index (κ1) is 20.7. The summed E-state index contributed by atoms with van der Waals surface area (Å²) in [5, 5.41) is 0. The normalized spacial score (nSPS) is 46.6. The van der Waals surface area contributed by atoms with Crippen molar-refractivity contribution in [2.45, 2.75) is 69.5 Å². The zero-order chi connectivity index (χ0) is 21.1. The fourth-order valence-electron chi connectivity index (χ4n) is 6.11. The number of carbonyl (C=O) groups excluding carboxylic acids is 1. The van der Waals surface area contributed by atoms with Gasteiger partial charge in [0.25, 0.3) is 0 Å². The zero-order valence-corrected chi connectivity index (χ0v) is 18.6. The number of epoxide rings is 2. The molecule has 4 heterocycles. The minimum absolute atomic E-state index is 0.0588. The van der Waals surface area contributed by atoms with Crippen molar-refractivity contribution in [2.24, 2.45) is 17.8 Å². The van der Waals surface area contributed by atoms with Gasteiger partial charge in [-0.1, -0.05) is 11.6 Å². The minimum atomic E-state index is -0.309. The van der Waals surface area contributed by atoms with E-state index in [1.54, 1.807) is 7.11 Å². The first-order valence-electron chi connectivity index (χ1n) is 11.4. The van der Waals surface area contributed by atoms with Crippen LogP contribution in [0, 0.1) is 17.8 Å². The molecule has 0 aromatic rings. The molecule has 0 radical (unpaired) electrons. The average Bonchev–Trinajstić information content (AvgIpc) is 3.48. The number of likely N-dealkylation sites (tertiary alicyclic amines) is 1. The van der Waals surface area contributed by atoms with Gasteiger partial charge in [0.15, 0.2) is 0 Å². The summed E-state index contributed by atoms with van der Waals surface area (Å²) in [6, 6.07) is 0. The third-order valence-corrected chi connectivity index (χ3v) is 7.99. The maximum atomic E-state index is 12.9. The fraction of sp³-hybridized carbons (Fsp3) is 0.870. The number of allylic oxidation sites excluding steroid dienone is 1. The van der Waals surface area contributed by atoms with E-state index in [9.17, 15) is 4.79 Å². The van der Waals surface area contributed by atoms with E-state index in [-0.39, 0.29) is 41.5 Å². The van der Waals surface area contributed by atoms with Gasteiger partial charge in [-0.2, -0.15) is 0 Å². The fourth-order valence-corrected chi connectivity index (χ4v) is 6.11. The van der Waals surface area contributed by atoms with E-state index in [4.69, 9.17) is 23.7 Å². The molecule has 1 saturated carbocycles. The van der Waals surface area contributed by atoms with Crippen LogP contribution in [0.25, 0.3) is 0 Å². The summed E-state index contributed by atoms with van der Waals surface area (Å²) >= 11 is 0. The summed E-state index contributed by atoms with van der Waals surface area (Å²) in [7, 11) is 1.72. The van der Waals surface area contributed by atoms with E-state index in [1.165, 1.54) is 5.57 Å². The molecule has 0 aromatic carbocycles. The third kappa shape index (κ3) is 3.48. The molecule has 0 aromatic heterocycles. The van der Waals surface area contributed by atoms with Crippen LogP contribution in [0.5, 0.6) is 0 Å². The summed E-state index contributed by atoms with van der Waals surface area (Å²) in [5.74, 6) is 0.962. The van der Waals surface area contributed by atoms with Gasteiger partial charge in [-0.05, 0) is 40.0 Å². The highest BCUT2D eigenvalue weighted by Crippen LogP contribution is 2.59. The predicted molar refractivity (Wildman–Crippen MR) is 109 cm³/mol. The smallest absolute Gasteiger partial charge is 0.410 e. The summed E-state index contributed by atoms with van der Waals surface area (Å²) in [5.41, 5.74) is 0.792. The number of fused-ring (bicyclic) bond motifs is 1. The van der Waals surface area contributed by atoms with E-state index in [0.717, 1.165) is 52.2 Å². The van der Waals surface area contributed by atoms with E-state index >= 15 is 0 Å². The molecule has 4 aliphatic heterocycles. The van der Waals surface area contributed by atoms with Crippen LogP contribution < -0.4 is 0 Å². The third-order valence-electron chi connectivity index (χ3n) is 7.99. The molecule has 0 bridgehead atoms. The predicted octanol–water partition coefficient (Wildman–Crippen LogP) is 2.78. The number of carbonyl (C=O) groups is 1. The molecule has 7 nitrogen and oxygen atoms in total. The molecule has 7 heteroatoms. The van der Waals surface area contributed by atoms with Crippen molar-refractivity contribution in [3.8, 4) is 0 Å². The van der Waals surface area contributed by atoms with Crippen LogP contribution in [0.3, 0.4) is 0 Å². The molecule has 1 aliphatic carbocycles. The molecule has 168 valence electrons. The molecule has 1 unspecified atom stereocenters. The van der Waals surface area contributed by atoms with Gasteiger partial charge in [-0.15, -0.1) is 0 Å². The molecule has 5 aliphatic rings. The number of hydrogen-bond donors (Lipinski definition) is 0. The Bertz CT molecular complexity index is 704. The maximum Gasteiger partial charge on any atom is 0.410 e. The van der Waals surface area contributed by atoms with Gasteiger partial charge in [-0.3, -0.25) is 0 Å². The second-order valence-corrected chi connectivity index (χ2v) is 10.3. The Hall–Kier alpha value is -1.15. The molecule has 5 fully saturated rings. The van der Waals surface area contributed by atoms with Crippen LogP contribution in [-0.2, 0) is 23.7 Å². The van der Waals surface area contributed by atoms with E-state index < -0.39 is 0 Å². The van der Waals surface area contributed by atoms with Crippen LogP contribution in [0.1, 0.15) is 40.0 Å². The number of methoxy groups -OCH3 is 1. The molecule has 1 spiro atoms. The van der Waals surface area contributed by atoms with Crippen molar-refractivity contribution in [3.05, 3.63) is 11.6 Å². The van der Waals surface area contributed by atoms with Crippen LogP contribution in [0.15, 0.2) is 11.6 Å². The molecule has 5 rings (SSSR count). The van der Waals surface area contributed by atoms with Crippen LogP contribution in [-0.4, -0.2) is 80.5 Å². The SMILES string of the molecule is CO[C@H]1C([C@@]2(C)O[C@@H]2CC=C(C)C)[C@]2(CC[C@H]1OC(=O)N1C[C@H]3COC[C@H]3C1)CO2. The second-order valence-electron chi connectivity index (χ2n) is 10.3. The Morgan fingerprint density at radius 2 is 1.93 bits per heavy atom. The van der Waals surface area contributed by atoms with Gasteiger partial charge < -0.3 is 28.6 Å². The highest BCUT2D eigenvalue weighted by Gasteiger charge is 2.72. The van der Waals surface area contributed by atoms with Crippen molar-refractivity contribution in [1.29, 1.82) is 0 Å². The first-order valence-corrected chi connectivity index (χ1v) is 11.4. The Morgan fingerprint density at radius 3 is 2.53 bits per heavy atom. The van der Waals surface area contributed by atoms with E-state index in [1.807, 2.05) is 4.90 Å². The van der Waals surface area contributed by atoms with Gasteiger partial charge in [0.05, 0.1) is 31.8 Å². The standard InChI is InChI=1S/C23H35NO6/c1-14(2)5-6-18-22(3,30-18)20-19(26-4)17(7-8-23(20)13-28-23)29-21(25)24-9-15-11-27-12-16(15)10-24/h5,15-20H,6-13H2,1-4H3/t15-,16+,17-,18-,19-,20?,22+,23+/m1/s1. The Balaban J connectivity index is 1.28. The van der Waals surface area contributed by atoms with Crippen LogP contribution >= 0.6 is 0 Å². The molecular weight excluding hydrogens is 386 g/mol. The van der Waals surface area contributed by atoms with E-state index in [2.05, 4.69) is 26.8 Å². The second kappa shape index (κ2) is 7.47. The number of ether oxygens (including phenoxy) is 5. The number of rotatable bonds is 5. The van der Waals surface area contributed by atoms with E-state index in [0.29, 0.717) is 11.8 Å². The summed E-state index contributed by atoms with van der Waals surface area (Å²) in [6.07, 6.45) is 4.20. The van der Waals surface area contributed by atoms with Crippen LogP contribution in [0.4, 0.5) is 4.79 Å². The Kier molecular flexibility index (Phi) is 5.16. The highest BCUT2D eigenvalue weighted by molar-refractivity contribution is 5.68. The molecule has 0 N–H and O–H groups in total. The lowest BCUT2D eigenvalue weighted by Gasteiger charge is -2.43. The average molecular weight is 422 g/mol. The van der Waals surface area contributed by atoms with Crippen molar-refractivity contribution in [1.82, 2.24) is 4.90 Å². The first-order chi connectivity index (χ1) is 14.4. The summed E-state index contributed by atoms with van der Waals surface area (Å²) in [4.78, 5) is 14.8. The number of nitrogens with zero attached hydrogens (tertiary/aromatic N) is 1.